The summed E-state index contributed by atoms with van der Waals surface area (Å²) in [4.78, 5) is 19.9. The van der Waals surface area contributed by atoms with E-state index in [1.54, 1.807) is 13.8 Å². The summed E-state index contributed by atoms with van der Waals surface area (Å²) >= 11 is 0. The second-order valence-corrected chi connectivity index (χ2v) is 3.33. The zero-order chi connectivity index (χ0) is 11.6. The molecule has 0 spiro atoms. The summed E-state index contributed by atoms with van der Waals surface area (Å²) in [6.45, 7) is 2.91. The van der Waals surface area contributed by atoms with E-state index in [0.717, 1.165) is 0 Å². The molecule has 0 saturated heterocycles. The van der Waals surface area contributed by atoms with Gasteiger partial charge in [-0.25, -0.2) is 0 Å². The average Bonchev–Trinajstić information content (AvgIpc) is 2.08. The third kappa shape index (κ3) is 2.52. The number of nitrogens with zero attached hydrogens (tertiary/aromatic N) is 2. The van der Waals surface area contributed by atoms with Gasteiger partial charge in [-0.15, -0.1) is 0 Å². The van der Waals surface area contributed by atoms with Crippen LogP contribution in [0.2, 0.25) is 0 Å². The van der Waals surface area contributed by atoms with E-state index in [9.17, 15) is 20.2 Å². The third-order valence-corrected chi connectivity index (χ3v) is 2.19. The van der Waals surface area contributed by atoms with Gasteiger partial charge in [0.05, 0.1) is 4.92 Å². The normalized spacial score (nSPS) is 20.7. The molecule has 0 bridgehead atoms. The summed E-state index contributed by atoms with van der Waals surface area (Å²) in [5.41, 5.74) is 0.923. The highest BCUT2D eigenvalue weighted by molar-refractivity contribution is 5.32. The number of nitrogens with one attached hydrogen (secondary N) is 1. The SMILES string of the molecule is CC1=C(C[N+](=O)[O-])C=C([N+](=O)[O-])C(C)N1. The Labute approximate surface area is 85.8 Å². The van der Waals surface area contributed by atoms with Crippen LogP contribution in [0.5, 0.6) is 0 Å². The van der Waals surface area contributed by atoms with Gasteiger partial charge >= 0.3 is 0 Å². The van der Waals surface area contributed by atoms with Gasteiger partial charge < -0.3 is 5.32 Å². The Hall–Kier alpha value is -1.92. The summed E-state index contributed by atoms with van der Waals surface area (Å²) in [5, 5.41) is 23.8. The van der Waals surface area contributed by atoms with Crippen molar-refractivity contribution in [1.82, 2.24) is 5.32 Å². The first kappa shape index (κ1) is 11.2. The minimum absolute atomic E-state index is 0.0440. The lowest BCUT2D eigenvalue weighted by molar-refractivity contribution is -0.470. The molecular weight excluding hydrogens is 202 g/mol. The van der Waals surface area contributed by atoms with Gasteiger partial charge in [-0.1, -0.05) is 0 Å². The molecule has 0 saturated carbocycles. The maximum atomic E-state index is 10.6. The molecule has 1 N–H and O–H groups in total. The Morgan fingerprint density at radius 1 is 1.47 bits per heavy atom. The van der Waals surface area contributed by atoms with E-state index in [0.29, 0.717) is 11.3 Å². The standard InChI is InChI=1S/C8H11N3O4/c1-5-7(4-10(12)13)3-8(11(14)15)6(2)9-5/h3,6,9H,4H2,1-2H3. The lowest BCUT2D eigenvalue weighted by Crippen LogP contribution is -2.34. The van der Waals surface area contributed by atoms with Crippen molar-refractivity contribution in [3.8, 4) is 0 Å². The molecule has 15 heavy (non-hydrogen) atoms. The number of rotatable bonds is 3. The number of dihydropyridines is 1. The van der Waals surface area contributed by atoms with Gasteiger partial charge in [-0.05, 0) is 13.8 Å². The van der Waals surface area contributed by atoms with Crippen LogP contribution in [-0.2, 0) is 0 Å². The Kier molecular flexibility index (Phi) is 3.03. The fourth-order valence-electron chi connectivity index (χ4n) is 1.42. The van der Waals surface area contributed by atoms with Crippen LogP contribution in [0.4, 0.5) is 0 Å². The Morgan fingerprint density at radius 3 is 2.53 bits per heavy atom. The highest BCUT2D eigenvalue weighted by Gasteiger charge is 2.27. The molecule has 0 radical (unpaired) electrons. The predicted octanol–water partition coefficient (Wildman–Crippen LogP) is 0.689. The first-order valence-electron chi connectivity index (χ1n) is 4.36. The van der Waals surface area contributed by atoms with Crippen LogP contribution in [0.15, 0.2) is 23.0 Å². The number of allylic oxidation sites excluding steroid dienone is 1. The molecule has 82 valence electrons. The topological polar surface area (TPSA) is 98.3 Å². The fourth-order valence-corrected chi connectivity index (χ4v) is 1.42. The van der Waals surface area contributed by atoms with Crippen LogP contribution in [0.25, 0.3) is 0 Å². The molecule has 0 amide bonds. The Bertz CT molecular complexity index is 372. The van der Waals surface area contributed by atoms with Crippen molar-refractivity contribution < 1.29 is 9.85 Å². The van der Waals surface area contributed by atoms with Crippen LogP contribution >= 0.6 is 0 Å². The van der Waals surface area contributed by atoms with Crippen molar-refractivity contribution in [1.29, 1.82) is 0 Å². The number of hydrogen-bond acceptors (Lipinski definition) is 5. The average molecular weight is 213 g/mol. The molecule has 1 rings (SSSR count). The van der Waals surface area contributed by atoms with Crippen molar-refractivity contribution in [3.63, 3.8) is 0 Å². The zero-order valence-corrected chi connectivity index (χ0v) is 8.39. The van der Waals surface area contributed by atoms with Crippen LogP contribution in [-0.4, -0.2) is 22.4 Å². The number of hydrogen-bond donors (Lipinski definition) is 1. The second-order valence-electron chi connectivity index (χ2n) is 3.33. The monoisotopic (exact) mass is 213 g/mol. The van der Waals surface area contributed by atoms with Crippen LogP contribution < -0.4 is 5.32 Å². The molecule has 1 unspecified atom stereocenters. The van der Waals surface area contributed by atoms with Crippen LogP contribution in [0.3, 0.4) is 0 Å². The van der Waals surface area contributed by atoms with Gasteiger partial charge in [-0.2, -0.15) is 0 Å². The maximum Gasteiger partial charge on any atom is 0.268 e. The summed E-state index contributed by atoms with van der Waals surface area (Å²) in [6, 6.07) is -0.421. The van der Waals surface area contributed by atoms with E-state index >= 15 is 0 Å². The fraction of sp³-hybridized carbons (Fsp3) is 0.500. The van der Waals surface area contributed by atoms with Gasteiger partial charge in [0.25, 0.3) is 5.70 Å². The molecule has 0 aliphatic carbocycles. The molecule has 0 fully saturated rings. The molecular formula is C8H11N3O4. The molecule has 0 aromatic heterocycles. The second kappa shape index (κ2) is 4.07. The van der Waals surface area contributed by atoms with Gasteiger partial charge in [0, 0.05) is 22.3 Å². The van der Waals surface area contributed by atoms with E-state index in [2.05, 4.69) is 5.32 Å². The molecule has 7 nitrogen and oxygen atoms in total. The van der Waals surface area contributed by atoms with E-state index in [-0.39, 0.29) is 5.70 Å². The largest absolute Gasteiger partial charge is 0.376 e. The van der Waals surface area contributed by atoms with Crippen molar-refractivity contribution >= 4 is 0 Å². The first-order valence-corrected chi connectivity index (χ1v) is 4.36. The summed E-state index contributed by atoms with van der Waals surface area (Å²) in [5.74, 6) is 0. The van der Waals surface area contributed by atoms with Gasteiger partial charge in [0.1, 0.15) is 6.04 Å². The maximum absolute atomic E-state index is 10.6. The molecule has 1 atom stereocenters. The third-order valence-electron chi connectivity index (χ3n) is 2.19. The van der Waals surface area contributed by atoms with Gasteiger partial charge in [0.2, 0.25) is 6.54 Å². The summed E-state index contributed by atoms with van der Waals surface area (Å²) < 4.78 is 0. The molecule has 1 aliphatic heterocycles. The highest BCUT2D eigenvalue weighted by atomic mass is 16.6. The van der Waals surface area contributed by atoms with Crippen LogP contribution in [0.1, 0.15) is 13.8 Å². The Balaban J connectivity index is 3.00. The van der Waals surface area contributed by atoms with E-state index in [1.807, 2.05) is 0 Å². The smallest absolute Gasteiger partial charge is 0.268 e. The quantitative estimate of drug-likeness (QED) is 0.549. The summed E-state index contributed by atoms with van der Waals surface area (Å²) in [6.07, 6.45) is 1.28. The lowest BCUT2D eigenvalue weighted by atomic mass is 10.1. The van der Waals surface area contributed by atoms with Gasteiger partial charge in [-0.3, -0.25) is 20.2 Å². The van der Waals surface area contributed by atoms with Crippen LogP contribution in [0, 0.1) is 20.2 Å². The highest BCUT2D eigenvalue weighted by Crippen LogP contribution is 2.17. The molecule has 1 aliphatic rings. The molecule has 7 heteroatoms. The van der Waals surface area contributed by atoms with Gasteiger partial charge in [0.15, 0.2) is 0 Å². The van der Waals surface area contributed by atoms with Crippen molar-refractivity contribution in [2.24, 2.45) is 0 Å². The van der Waals surface area contributed by atoms with Crippen molar-refractivity contribution in [2.45, 2.75) is 19.9 Å². The number of nitro groups is 2. The molecule has 0 aromatic carbocycles. The van der Waals surface area contributed by atoms with E-state index in [1.165, 1.54) is 6.08 Å². The molecule has 0 aromatic rings. The first-order chi connectivity index (χ1) is 6.91. The zero-order valence-electron chi connectivity index (χ0n) is 8.39. The predicted molar refractivity (Wildman–Crippen MR) is 52.2 cm³/mol. The van der Waals surface area contributed by atoms with Crippen molar-refractivity contribution in [2.75, 3.05) is 6.54 Å². The van der Waals surface area contributed by atoms with E-state index in [4.69, 9.17) is 0 Å². The minimum atomic E-state index is -0.524. The van der Waals surface area contributed by atoms with E-state index < -0.39 is 22.4 Å². The van der Waals surface area contributed by atoms with Crippen molar-refractivity contribution in [3.05, 3.63) is 43.3 Å². The molecule has 1 heterocycles. The lowest BCUT2D eigenvalue weighted by Gasteiger charge is -2.19. The summed E-state index contributed by atoms with van der Waals surface area (Å²) in [7, 11) is 0. The minimum Gasteiger partial charge on any atom is -0.376 e. The Morgan fingerprint density at radius 2 is 2.07 bits per heavy atom.